The monoisotopic (exact) mass is 365 g/mol. The fourth-order valence-corrected chi connectivity index (χ4v) is 3.05. The van der Waals surface area contributed by atoms with Crippen molar-refractivity contribution in [3.05, 3.63) is 47.9 Å². The van der Waals surface area contributed by atoms with Gasteiger partial charge in [0.1, 0.15) is 11.5 Å². The molecule has 0 aliphatic carbocycles. The van der Waals surface area contributed by atoms with Gasteiger partial charge >= 0.3 is 0 Å². The van der Waals surface area contributed by atoms with Gasteiger partial charge in [-0.2, -0.15) is 5.10 Å². The summed E-state index contributed by atoms with van der Waals surface area (Å²) in [5.41, 5.74) is 2.28. The van der Waals surface area contributed by atoms with Crippen LogP contribution >= 0.6 is 0 Å². The minimum Gasteiger partial charge on any atom is -0.322 e. The molecule has 138 valence electrons. The Morgan fingerprint density at radius 1 is 1.30 bits per heavy atom. The number of nitrogens with zero attached hydrogens (tertiary/aromatic N) is 4. The van der Waals surface area contributed by atoms with E-state index >= 15 is 0 Å². The largest absolute Gasteiger partial charge is 0.322 e. The molecule has 27 heavy (non-hydrogen) atoms. The number of aryl methyl sites for hydroxylation is 1. The van der Waals surface area contributed by atoms with Gasteiger partial charge in [-0.25, -0.2) is 9.67 Å². The lowest BCUT2D eigenvalue weighted by molar-refractivity contribution is -0.125. The van der Waals surface area contributed by atoms with Crippen molar-refractivity contribution < 1.29 is 9.59 Å². The Morgan fingerprint density at radius 3 is 2.85 bits per heavy atom. The summed E-state index contributed by atoms with van der Waals surface area (Å²) in [5.74, 6) is -0.0129. The topological polar surface area (TPSA) is 114 Å². The highest BCUT2D eigenvalue weighted by atomic mass is 16.2. The molecule has 2 aromatic heterocycles. The standard InChI is InChI=1S/C18H19N7O2/c1-10-8-16(26)23-18(20-10)25-15(7-11(2)24-25)22-17(27)14-9-19-12-5-3-4-6-13(12)21-14/h3-7,9-10,18,20H,8H2,1-2H3,(H,22,27)(H,23,26). The summed E-state index contributed by atoms with van der Waals surface area (Å²) in [5, 5.41) is 13.3. The number of rotatable bonds is 3. The Labute approximate surface area is 155 Å². The minimum absolute atomic E-state index is 0.00293. The summed E-state index contributed by atoms with van der Waals surface area (Å²) in [4.78, 5) is 33.1. The van der Waals surface area contributed by atoms with Gasteiger partial charge in [-0.15, -0.1) is 0 Å². The molecule has 0 radical (unpaired) electrons. The van der Waals surface area contributed by atoms with Crippen LogP contribution in [0.2, 0.25) is 0 Å². The van der Waals surface area contributed by atoms with Crippen LogP contribution in [0, 0.1) is 6.92 Å². The Morgan fingerprint density at radius 2 is 2.07 bits per heavy atom. The molecule has 2 atom stereocenters. The second-order valence-corrected chi connectivity index (χ2v) is 6.56. The van der Waals surface area contributed by atoms with E-state index in [4.69, 9.17) is 0 Å². The number of benzene rings is 1. The van der Waals surface area contributed by atoms with Crippen molar-refractivity contribution >= 4 is 28.7 Å². The highest BCUT2D eigenvalue weighted by Crippen LogP contribution is 2.18. The predicted octanol–water partition coefficient (Wildman–Crippen LogP) is 1.34. The third-order valence-corrected chi connectivity index (χ3v) is 4.26. The maximum absolute atomic E-state index is 12.7. The van der Waals surface area contributed by atoms with E-state index in [-0.39, 0.29) is 17.6 Å². The maximum atomic E-state index is 12.7. The molecule has 2 amide bonds. The number of fused-ring (bicyclic) bond motifs is 1. The second kappa shape index (κ2) is 6.76. The van der Waals surface area contributed by atoms with Crippen LogP contribution in [0.1, 0.15) is 35.8 Å². The zero-order valence-electron chi connectivity index (χ0n) is 14.9. The zero-order chi connectivity index (χ0) is 19.0. The van der Waals surface area contributed by atoms with E-state index in [2.05, 4.69) is 31.0 Å². The van der Waals surface area contributed by atoms with Gasteiger partial charge in [0.2, 0.25) is 5.91 Å². The van der Waals surface area contributed by atoms with Crippen molar-refractivity contribution in [3.63, 3.8) is 0 Å². The van der Waals surface area contributed by atoms with Crippen LogP contribution < -0.4 is 16.0 Å². The predicted molar refractivity (Wildman–Crippen MR) is 98.8 cm³/mol. The van der Waals surface area contributed by atoms with Gasteiger partial charge in [0.25, 0.3) is 5.91 Å². The molecule has 3 aromatic rings. The number of anilines is 1. The molecule has 0 saturated carbocycles. The van der Waals surface area contributed by atoms with Crippen molar-refractivity contribution in [2.45, 2.75) is 32.6 Å². The number of nitrogens with one attached hydrogen (secondary N) is 3. The Hall–Kier alpha value is -3.33. The summed E-state index contributed by atoms with van der Waals surface area (Å²) < 4.78 is 1.55. The van der Waals surface area contributed by atoms with Gasteiger partial charge in [-0.1, -0.05) is 12.1 Å². The van der Waals surface area contributed by atoms with E-state index in [9.17, 15) is 9.59 Å². The van der Waals surface area contributed by atoms with E-state index in [0.717, 1.165) is 5.52 Å². The molecule has 1 aliphatic heterocycles. The average Bonchev–Trinajstić information content (AvgIpc) is 3.00. The van der Waals surface area contributed by atoms with Crippen LogP contribution in [-0.4, -0.2) is 37.6 Å². The first-order chi connectivity index (χ1) is 13.0. The van der Waals surface area contributed by atoms with Crippen molar-refractivity contribution in [2.75, 3.05) is 5.32 Å². The first-order valence-corrected chi connectivity index (χ1v) is 8.64. The lowest BCUT2D eigenvalue weighted by Gasteiger charge is -2.30. The number of hydrogen-bond donors (Lipinski definition) is 3. The van der Waals surface area contributed by atoms with E-state index < -0.39 is 12.2 Å². The highest BCUT2D eigenvalue weighted by Gasteiger charge is 2.27. The van der Waals surface area contributed by atoms with E-state index in [0.29, 0.717) is 23.4 Å². The first-order valence-electron chi connectivity index (χ1n) is 8.64. The van der Waals surface area contributed by atoms with Crippen molar-refractivity contribution in [3.8, 4) is 0 Å². The van der Waals surface area contributed by atoms with Crippen LogP contribution in [0.5, 0.6) is 0 Å². The molecule has 0 spiro atoms. The molecular weight excluding hydrogens is 346 g/mol. The van der Waals surface area contributed by atoms with Crippen molar-refractivity contribution in [2.24, 2.45) is 0 Å². The number of para-hydroxylation sites is 2. The molecular formula is C18H19N7O2. The molecule has 2 unspecified atom stereocenters. The van der Waals surface area contributed by atoms with Gasteiger partial charge in [0.15, 0.2) is 6.29 Å². The quantitative estimate of drug-likeness (QED) is 0.645. The van der Waals surface area contributed by atoms with E-state index in [1.165, 1.54) is 6.20 Å². The van der Waals surface area contributed by atoms with E-state index in [1.54, 1.807) is 16.8 Å². The number of carbonyl (C=O) groups excluding carboxylic acids is 2. The molecule has 3 N–H and O–H groups in total. The van der Waals surface area contributed by atoms with Crippen molar-refractivity contribution in [1.82, 2.24) is 30.4 Å². The van der Waals surface area contributed by atoms with Gasteiger partial charge in [-0.3, -0.25) is 19.9 Å². The van der Waals surface area contributed by atoms with Crippen molar-refractivity contribution in [1.29, 1.82) is 0 Å². The molecule has 3 heterocycles. The third-order valence-electron chi connectivity index (χ3n) is 4.26. The molecule has 9 nitrogen and oxygen atoms in total. The summed E-state index contributed by atoms with van der Waals surface area (Å²) in [6, 6.07) is 9.08. The van der Waals surface area contributed by atoms with Crippen LogP contribution in [0.3, 0.4) is 0 Å². The fraction of sp³-hybridized carbons (Fsp3) is 0.278. The second-order valence-electron chi connectivity index (χ2n) is 6.56. The lowest BCUT2D eigenvalue weighted by Crippen LogP contribution is -2.52. The van der Waals surface area contributed by atoms with Crippen LogP contribution in [0.25, 0.3) is 11.0 Å². The number of hydrogen-bond acceptors (Lipinski definition) is 6. The fourth-order valence-electron chi connectivity index (χ4n) is 3.05. The van der Waals surface area contributed by atoms with Crippen LogP contribution in [-0.2, 0) is 4.79 Å². The highest BCUT2D eigenvalue weighted by molar-refractivity contribution is 6.03. The molecule has 1 aromatic carbocycles. The summed E-state index contributed by atoms with van der Waals surface area (Å²) in [6.07, 6.45) is 1.30. The first kappa shape index (κ1) is 17.1. The lowest BCUT2D eigenvalue weighted by atomic mass is 10.2. The summed E-state index contributed by atoms with van der Waals surface area (Å²) in [7, 11) is 0. The number of carbonyl (C=O) groups is 2. The molecule has 1 fully saturated rings. The van der Waals surface area contributed by atoms with Crippen LogP contribution in [0.4, 0.5) is 5.82 Å². The van der Waals surface area contributed by atoms with E-state index in [1.807, 2.05) is 32.0 Å². The Kier molecular flexibility index (Phi) is 4.28. The Balaban J connectivity index is 1.60. The van der Waals surface area contributed by atoms with Gasteiger partial charge in [0, 0.05) is 18.5 Å². The maximum Gasteiger partial charge on any atom is 0.277 e. The van der Waals surface area contributed by atoms with Crippen LogP contribution in [0.15, 0.2) is 36.5 Å². The minimum atomic E-state index is -0.534. The number of amides is 2. The Bertz CT molecular complexity index is 1030. The van der Waals surface area contributed by atoms with Gasteiger partial charge in [0.05, 0.1) is 22.9 Å². The van der Waals surface area contributed by atoms with Gasteiger partial charge in [-0.05, 0) is 26.0 Å². The molecule has 4 rings (SSSR count). The molecule has 9 heteroatoms. The smallest absolute Gasteiger partial charge is 0.277 e. The zero-order valence-corrected chi connectivity index (χ0v) is 14.9. The SMILES string of the molecule is Cc1cc(NC(=O)c2cnc3ccccc3n2)n(C2NC(=O)CC(C)N2)n1. The summed E-state index contributed by atoms with van der Waals surface area (Å²) in [6.45, 7) is 3.74. The normalized spacial score (nSPS) is 19.7. The number of aromatic nitrogens is 4. The molecule has 0 bridgehead atoms. The third kappa shape index (κ3) is 3.49. The van der Waals surface area contributed by atoms with Gasteiger partial charge < -0.3 is 10.6 Å². The summed E-state index contributed by atoms with van der Waals surface area (Å²) >= 11 is 0. The average molecular weight is 365 g/mol. The molecule has 1 saturated heterocycles. The molecule has 1 aliphatic rings.